The van der Waals surface area contributed by atoms with Crippen LogP contribution in [0.15, 0.2) is 11.1 Å². The topological polar surface area (TPSA) is 54.2 Å². The molecule has 5 nitrogen and oxygen atoms in total. The first-order valence-corrected chi connectivity index (χ1v) is 7.98. The molecule has 22 heavy (non-hydrogen) atoms. The molecule has 0 atom stereocenters. The van der Waals surface area contributed by atoms with E-state index in [-0.39, 0.29) is 24.0 Å². The summed E-state index contributed by atoms with van der Waals surface area (Å²) in [5, 5.41) is 11.2. The van der Waals surface area contributed by atoms with E-state index >= 15 is 0 Å². The van der Waals surface area contributed by atoms with E-state index in [2.05, 4.69) is 52.2 Å². The maximum Gasteiger partial charge on any atom is 0.190 e. The second-order valence-corrected chi connectivity index (χ2v) is 5.97. The van der Waals surface area contributed by atoms with Gasteiger partial charge in [0.05, 0.1) is 5.69 Å². The van der Waals surface area contributed by atoms with Crippen molar-refractivity contribution in [2.24, 2.45) is 10.9 Å². The molecule has 0 radical (unpaired) electrons. The Bertz CT molecular complexity index is 440. The number of aryl methyl sites for hydroxylation is 3. The van der Waals surface area contributed by atoms with Gasteiger partial charge in [-0.15, -0.1) is 24.0 Å². The molecular formula is C16H32IN5. The van der Waals surface area contributed by atoms with Crippen molar-refractivity contribution in [2.75, 3.05) is 20.1 Å². The molecule has 1 rings (SSSR count). The molecule has 0 aliphatic carbocycles. The molecule has 128 valence electrons. The average Bonchev–Trinajstić information content (AvgIpc) is 2.75. The third kappa shape index (κ3) is 8.60. The maximum atomic E-state index is 4.47. The summed E-state index contributed by atoms with van der Waals surface area (Å²) < 4.78 is 2.07. The summed E-state index contributed by atoms with van der Waals surface area (Å²) in [5.74, 6) is 1.66. The molecule has 0 spiro atoms. The van der Waals surface area contributed by atoms with Crippen molar-refractivity contribution in [1.29, 1.82) is 0 Å². The fourth-order valence-electron chi connectivity index (χ4n) is 2.27. The smallest absolute Gasteiger partial charge is 0.190 e. The quantitative estimate of drug-likeness (QED) is 0.294. The first-order chi connectivity index (χ1) is 10.0. The van der Waals surface area contributed by atoms with Crippen molar-refractivity contribution in [1.82, 2.24) is 20.4 Å². The van der Waals surface area contributed by atoms with Gasteiger partial charge in [0.1, 0.15) is 0 Å². The zero-order valence-electron chi connectivity index (χ0n) is 14.6. The van der Waals surface area contributed by atoms with Gasteiger partial charge >= 0.3 is 0 Å². The fraction of sp³-hybridized carbons (Fsp3) is 0.750. The Balaban J connectivity index is 0.00000441. The number of guanidine groups is 1. The van der Waals surface area contributed by atoms with E-state index in [9.17, 15) is 0 Å². The zero-order valence-corrected chi connectivity index (χ0v) is 17.0. The second kappa shape index (κ2) is 11.7. The van der Waals surface area contributed by atoms with Crippen LogP contribution in [-0.4, -0.2) is 35.9 Å². The molecule has 1 heterocycles. The lowest BCUT2D eigenvalue weighted by Gasteiger charge is -2.12. The Kier molecular flexibility index (Phi) is 11.3. The summed E-state index contributed by atoms with van der Waals surface area (Å²) in [6.07, 6.45) is 3.47. The van der Waals surface area contributed by atoms with E-state index in [4.69, 9.17) is 0 Å². The van der Waals surface area contributed by atoms with Crippen molar-refractivity contribution >= 4 is 29.9 Å². The highest BCUT2D eigenvalue weighted by molar-refractivity contribution is 14.0. The summed E-state index contributed by atoms with van der Waals surface area (Å²) >= 11 is 0. The van der Waals surface area contributed by atoms with Crippen LogP contribution in [-0.2, 0) is 6.54 Å². The normalized spacial score (nSPS) is 11.5. The van der Waals surface area contributed by atoms with Gasteiger partial charge < -0.3 is 10.6 Å². The molecule has 6 heteroatoms. The molecule has 0 bridgehead atoms. The van der Waals surface area contributed by atoms with Gasteiger partial charge in [-0.1, -0.05) is 13.8 Å². The molecule has 1 aromatic heterocycles. The van der Waals surface area contributed by atoms with Crippen molar-refractivity contribution in [2.45, 2.75) is 53.5 Å². The van der Waals surface area contributed by atoms with Crippen molar-refractivity contribution < 1.29 is 0 Å². The molecular weight excluding hydrogens is 389 g/mol. The van der Waals surface area contributed by atoms with Gasteiger partial charge in [0.15, 0.2) is 5.96 Å². The Morgan fingerprint density at radius 3 is 2.36 bits per heavy atom. The van der Waals surface area contributed by atoms with Crippen LogP contribution in [0.4, 0.5) is 0 Å². The maximum absolute atomic E-state index is 4.47. The van der Waals surface area contributed by atoms with Crippen LogP contribution >= 0.6 is 24.0 Å². The monoisotopic (exact) mass is 421 g/mol. The number of aromatic nitrogens is 2. The molecule has 0 amide bonds. The molecule has 0 aliphatic heterocycles. The minimum atomic E-state index is 0. The van der Waals surface area contributed by atoms with Crippen LogP contribution in [0, 0.1) is 19.8 Å². The van der Waals surface area contributed by atoms with Crippen LogP contribution < -0.4 is 10.6 Å². The Labute approximate surface area is 152 Å². The average molecular weight is 421 g/mol. The fourth-order valence-corrected chi connectivity index (χ4v) is 2.27. The van der Waals surface area contributed by atoms with E-state index in [0.717, 1.165) is 43.6 Å². The number of aliphatic imine (C=N–C) groups is 1. The molecule has 0 aromatic carbocycles. The van der Waals surface area contributed by atoms with E-state index in [0.29, 0.717) is 0 Å². The third-order valence-electron chi connectivity index (χ3n) is 3.42. The van der Waals surface area contributed by atoms with Gasteiger partial charge in [-0.3, -0.25) is 9.67 Å². The largest absolute Gasteiger partial charge is 0.356 e. The number of rotatable bonds is 8. The molecule has 2 N–H and O–H groups in total. The van der Waals surface area contributed by atoms with Gasteiger partial charge in [-0.25, -0.2) is 0 Å². The van der Waals surface area contributed by atoms with E-state index in [1.54, 1.807) is 0 Å². The van der Waals surface area contributed by atoms with Crippen molar-refractivity contribution in [3.8, 4) is 0 Å². The Hall–Kier alpha value is -0.790. The molecule has 0 unspecified atom stereocenters. The molecule has 0 saturated carbocycles. The summed E-state index contributed by atoms with van der Waals surface area (Å²) in [6, 6.07) is 2.11. The number of halogens is 1. The van der Waals surface area contributed by atoms with E-state index in [1.807, 2.05) is 14.0 Å². The van der Waals surface area contributed by atoms with E-state index < -0.39 is 0 Å². The molecule has 1 aromatic rings. The highest BCUT2D eigenvalue weighted by Gasteiger charge is 2.01. The SMILES string of the molecule is CN=C(NCCCC(C)C)NCCCn1nc(C)cc1C.I. The summed E-state index contributed by atoms with van der Waals surface area (Å²) in [7, 11) is 1.82. The minimum absolute atomic E-state index is 0. The standard InChI is InChI=1S/C16H31N5.HI/c1-13(2)8-6-9-18-16(17-5)19-10-7-11-21-15(4)12-14(3)20-21;/h12-13H,6-11H2,1-5H3,(H2,17,18,19);1H. The van der Waals surface area contributed by atoms with Crippen LogP contribution in [0.1, 0.15) is 44.5 Å². The van der Waals surface area contributed by atoms with Gasteiger partial charge in [-0.05, 0) is 45.1 Å². The molecule has 0 fully saturated rings. The minimum Gasteiger partial charge on any atom is -0.356 e. The lowest BCUT2D eigenvalue weighted by molar-refractivity contribution is 0.543. The summed E-state index contributed by atoms with van der Waals surface area (Å²) in [5.41, 5.74) is 2.31. The first kappa shape index (κ1) is 21.2. The molecule has 0 aliphatic rings. The lowest BCUT2D eigenvalue weighted by Crippen LogP contribution is -2.38. The van der Waals surface area contributed by atoms with Crippen LogP contribution in [0.5, 0.6) is 0 Å². The Morgan fingerprint density at radius 1 is 1.23 bits per heavy atom. The number of hydrogen-bond acceptors (Lipinski definition) is 2. The van der Waals surface area contributed by atoms with Gasteiger partial charge in [-0.2, -0.15) is 5.10 Å². The summed E-state index contributed by atoms with van der Waals surface area (Å²) in [6.45, 7) is 11.5. The second-order valence-electron chi connectivity index (χ2n) is 5.97. The third-order valence-corrected chi connectivity index (χ3v) is 3.42. The van der Waals surface area contributed by atoms with Crippen molar-refractivity contribution in [3.63, 3.8) is 0 Å². The Morgan fingerprint density at radius 2 is 1.86 bits per heavy atom. The highest BCUT2D eigenvalue weighted by Crippen LogP contribution is 2.02. The predicted molar refractivity (Wildman–Crippen MR) is 105 cm³/mol. The first-order valence-electron chi connectivity index (χ1n) is 7.98. The van der Waals surface area contributed by atoms with Crippen LogP contribution in [0.25, 0.3) is 0 Å². The van der Waals surface area contributed by atoms with Gasteiger partial charge in [0.2, 0.25) is 0 Å². The van der Waals surface area contributed by atoms with Crippen LogP contribution in [0.2, 0.25) is 0 Å². The highest BCUT2D eigenvalue weighted by atomic mass is 127. The predicted octanol–water partition coefficient (Wildman–Crippen LogP) is 3.11. The number of nitrogens with one attached hydrogen (secondary N) is 2. The van der Waals surface area contributed by atoms with E-state index in [1.165, 1.54) is 18.5 Å². The van der Waals surface area contributed by atoms with Gasteiger partial charge in [0.25, 0.3) is 0 Å². The van der Waals surface area contributed by atoms with Crippen LogP contribution in [0.3, 0.4) is 0 Å². The molecule has 0 saturated heterocycles. The number of nitrogens with zero attached hydrogens (tertiary/aromatic N) is 3. The number of hydrogen-bond donors (Lipinski definition) is 2. The van der Waals surface area contributed by atoms with Gasteiger partial charge in [0, 0.05) is 32.4 Å². The zero-order chi connectivity index (χ0) is 15.7. The summed E-state index contributed by atoms with van der Waals surface area (Å²) in [4.78, 5) is 4.24. The lowest BCUT2D eigenvalue weighted by atomic mass is 10.1. The van der Waals surface area contributed by atoms with Crippen molar-refractivity contribution in [3.05, 3.63) is 17.5 Å².